The minimum Gasteiger partial charge on any atom is -0.394 e. The smallest absolute Gasteiger partial charge is 0.220 e. The van der Waals surface area contributed by atoms with Gasteiger partial charge in [0.25, 0.3) is 0 Å². The molecule has 0 aromatic heterocycles. The van der Waals surface area contributed by atoms with E-state index in [1.54, 1.807) is 6.08 Å². The van der Waals surface area contributed by atoms with Crippen LogP contribution in [0.4, 0.5) is 0 Å². The Bertz CT molecular complexity index is 1830. The molecule has 3 aliphatic rings. The lowest BCUT2D eigenvalue weighted by Gasteiger charge is -2.48. The van der Waals surface area contributed by atoms with Crippen molar-refractivity contribution < 1.29 is 89.4 Å². The van der Waals surface area contributed by atoms with Gasteiger partial charge in [-0.1, -0.05) is 314 Å². The van der Waals surface area contributed by atoms with Crippen molar-refractivity contribution in [1.82, 2.24) is 5.32 Å². The van der Waals surface area contributed by atoms with Gasteiger partial charge in [0.05, 0.1) is 38.6 Å². The molecule has 0 aromatic carbocycles. The lowest BCUT2D eigenvalue weighted by atomic mass is 9.96. The van der Waals surface area contributed by atoms with Crippen molar-refractivity contribution in [2.24, 2.45) is 0 Å². The van der Waals surface area contributed by atoms with E-state index in [1.165, 1.54) is 257 Å². The van der Waals surface area contributed by atoms with E-state index in [1.807, 2.05) is 6.08 Å². The van der Waals surface area contributed by atoms with Crippen LogP contribution in [0.1, 0.15) is 328 Å². The zero-order chi connectivity index (χ0) is 69.6. The number of unbranched alkanes of at least 4 members (excludes halogenated alkanes) is 45. The average molecular weight is 1370 g/mol. The van der Waals surface area contributed by atoms with E-state index in [0.29, 0.717) is 12.8 Å². The van der Waals surface area contributed by atoms with E-state index in [9.17, 15) is 61.0 Å². The van der Waals surface area contributed by atoms with E-state index in [0.717, 1.165) is 38.5 Å². The zero-order valence-electron chi connectivity index (χ0n) is 60.4. The molecule has 0 bridgehead atoms. The molecule has 0 aromatic rings. The molecule has 19 nitrogen and oxygen atoms in total. The average Bonchev–Trinajstić information content (AvgIpc) is 0.786. The summed E-state index contributed by atoms with van der Waals surface area (Å²) in [7, 11) is 0. The van der Waals surface area contributed by atoms with Gasteiger partial charge in [-0.3, -0.25) is 4.79 Å². The van der Waals surface area contributed by atoms with Gasteiger partial charge < -0.3 is 89.9 Å². The first-order valence-corrected chi connectivity index (χ1v) is 39.6. The lowest BCUT2D eigenvalue weighted by molar-refractivity contribution is -0.379. The number of aliphatic hydroxyl groups is 11. The van der Waals surface area contributed by atoms with Crippen LogP contribution in [0.15, 0.2) is 24.3 Å². The van der Waals surface area contributed by atoms with E-state index < -0.39 is 124 Å². The molecule has 0 saturated carbocycles. The number of hydrogen-bond donors (Lipinski definition) is 12. The third kappa shape index (κ3) is 39.1. The predicted molar refractivity (Wildman–Crippen MR) is 379 cm³/mol. The molecule has 0 aliphatic carbocycles. The number of hydrogen-bond acceptors (Lipinski definition) is 18. The summed E-state index contributed by atoms with van der Waals surface area (Å²) in [5.74, 6) is -0.278. The highest BCUT2D eigenvalue weighted by molar-refractivity contribution is 5.76. The molecule has 3 fully saturated rings. The molecule has 1 amide bonds. The fourth-order valence-corrected chi connectivity index (χ4v) is 13.6. The topological polar surface area (TPSA) is 307 Å². The standard InChI is InChI=1S/C77H145NO18/c1-3-5-7-9-11-13-15-17-19-21-23-25-27-29-31-33-35-37-39-41-43-45-47-49-51-53-55-65(83)78-60(61(82)54-52-50-48-46-44-42-40-38-36-34-32-30-28-26-24-22-20-18-16-14-12-10-8-6-4-2)59-91-75-71(89)68(86)73(63(57-80)93-75)96-77-72(90)69(87)74(64(58-81)94-77)95-76-70(88)67(85)66(84)62(56-79)92-76/h44,46,52,54,60-64,66-77,79-82,84-90H,3-43,45,47-51,53,55-59H2,1-2H3,(H,78,83)/b46-44+,54-52+. The Morgan fingerprint density at radius 3 is 1.04 bits per heavy atom. The van der Waals surface area contributed by atoms with Gasteiger partial charge in [-0.15, -0.1) is 0 Å². The van der Waals surface area contributed by atoms with Gasteiger partial charge in [-0.05, 0) is 32.1 Å². The van der Waals surface area contributed by atoms with Crippen molar-refractivity contribution >= 4 is 5.91 Å². The summed E-state index contributed by atoms with van der Waals surface area (Å²) < 4.78 is 34.4. The zero-order valence-corrected chi connectivity index (χ0v) is 60.4. The Balaban J connectivity index is 1.40. The highest BCUT2D eigenvalue weighted by Crippen LogP contribution is 2.33. The second kappa shape index (κ2) is 58.7. The molecular weight excluding hydrogens is 1230 g/mol. The number of nitrogens with one attached hydrogen (secondary N) is 1. The number of allylic oxidation sites excluding steroid dienone is 3. The summed E-state index contributed by atoms with van der Waals surface area (Å²) >= 11 is 0. The van der Waals surface area contributed by atoms with Crippen molar-refractivity contribution in [1.29, 1.82) is 0 Å². The maximum atomic E-state index is 13.5. The van der Waals surface area contributed by atoms with Crippen molar-refractivity contribution in [3.8, 4) is 0 Å². The highest BCUT2D eigenvalue weighted by atomic mass is 16.8. The van der Waals surface area contributed by atoms with Crippen LogP contribution in [-0.4, -0.2) is 193 Å². The van der Waals surface area contributed by atoms with Crippen LogP contribution >= 0.6 is 0 Å². The first-order valence-electron chi connectivity index (χ1n) is 39.6. The van der Waals surface area contributed by atoms with Crippen LogP contribution < -0.4 is 5.32 Å². The van der Waals surface area contributed by atoms with E-state index in [2.05, 4.69) is 31.3 Å². The highest BCUT2D eigenvalue weighted by Gasteiger charge is 2.53. The third-order valence-electron chi connectivity index (χ3n) is 20.0. The quantitative estimate of drug-likeness (QED) is 0.0199. The molecule has 19 heteroatoms. The molecular formula is C77H145NO18. The summed E-state index contributed by atoms with van der Waals surface area (Å²) in [5.41, 5.74) is 0. The Labute approximate surface area is 581 Å². The molecule has 0 radical (unpaired) electrons. The lowest BCUT2D eigenvalue weighted by Crippen LogP contribution is -2.66. The molecule has 17 atom stereocenters. The molecule has 0 spiro atoms. The van der Waals surface area contributed by atoms with E-state index in [-0.39, 0.29) is 18.9 Å². The molecule has 3 aliphatic heterocycles. The summed E-state index contributed by atoms with van der Waals surface area (Å²) in [4.78, 5) is 13.5. The van der Waals surface area contributed by atoms with Gasteiger partial charge in [0.1, 0.15) is 73.2 Å². The second-order valence-corrected chi connectivity index (χ2v) is 28.5. The van der Waals surface area contributed by atoms with Gasteiger partial charge >= 0.3 is 0 Å². The van der Waals surface area contributed by atoms with Crippen LogP contribution in [0, 0.1) is 0 Å². The Kier molecular flexibility index (Phi) is 54.1. The number of ether oxygens (including phenoxy) is 6. The molecule has 3 heterocycles. The fourth-order valence-electron chi connectivity index (χ4n) is 13.6. The van der Waals surface area contributed by atoms with Gasteiger partial charge in [0.15, 0.2) is 18.9 Å². The van der Waals surface area contributed by atoms with Crippen LogP contribution in [-0.2, 0) is 33.2 Å². The van der Waals surface area contributed by atoms with Crippen LogP contribution in [0.25, 0.3) is 0 Å². The van der Waals surface area contributed by atoms with Crippen molar-refractivity contribution in [3.05, 3.63) is 24.3 Å². The Morgan fingerprint density at radius 2 is 0.667 bits per heavy atom. The largest absolute Gasteiger partial charge is 0.394 e. The first-order chi connectivity index (χ1) is 46.8. The van der Waals surface area contributed by atoms with Crippen molar-refractivity contribution in [3.63, 3.8) is 0 Å². The normalized spacial score (nSPS) is 27.1. The fraction of sp³-hybridized carbons (Fsp3) is 0.935. The number of carbonyl (C=O) groups is 1. The van der Waals surface area contributed by atoms with Crippen molar-refractivity contribution in [2.75, 3.05) is 26.4 Å². The van der Waals surface area contributed by atoms with Gasteiger partial charge in [0, 0.05) is 6.42 Å². The Morgan fingerprint density at radius 1 is 0.365 bits per heavy atom. The van der Waals surface area contributed by atoms with E-state index >= 15 is 0 Å². The molecule has 17 unspecified atom stereocenters. The number of carbonyl (C=O) groups excluding carboxylic acids is 1. The molecule has 566 valence electrons. The Hall–Kier alpha value is -1.73. The number of aliphatic hydroxyl groups excluding tert-OH is 11. The monoisotopic (exact) mass is 1370 g/mol. The molecule has 3 saturated heterocycles. The number of amides is 1. The number of rotatable bonds is 63. The molecule has 12 N–H and O–H groups in total. The molecule has 3 rings (SSSR count). The maximum Gasteiger partial charge on any atom is 0.220 e. The van der Waals surface area contributed by atoms with Crippen LogP contribution in [0.2, 0.25) is 0 Å². The minimum atomic E-state index is -1.98. The van der Waals surface area contributed by atoms with Gasteiger partial charge in [-0.2, -0.15) is 0 Å². The maximum absolute atomic E-state index is 13.5. The predicted octanol–water partition coefficient (Wildman–Crippen LogP) is 12.6. The summed E-state index contributed by atoms with van der Waals surface area (Å²) in [6, 6.07) is -0.988. The second-order valence-electron chi connectivity index (χ2n) is 28.5. The third-order valence-corrected chi connectivity index (χ3v) is 20.0. The van der Waals surface area contributed by atoms with Crippen LogP contribution in [0.5, 0.6) is 0 Å². The SMILES string of the molecule is CCCCCCCCCCCCCCCCCCCCC/C=C/CC/C=C/C(O)C(COC1OC(CO)C(OC2OC(CO)C(OC3OC(CO)C(O)C(O)C3O)C(O)C2O)C(O)C1O)NC(=O)CCCCCCCCCCCCCCCCCCCCCCCCCCCC. The first kappa shape index (κ1) is 88.5. The minimum absolute atomic E-state index is 0.241. The van der Waals surface area contributed by atoms with Gasteiger partial charge in [-0.25, -0.2) is 0 Å². The van der Waals surface area contributed by atoms with Crippen molar-refractivity contribution in [2.45, 2.75) is 433 Å². The van der Waals surface area contributed by atoms with Crippen LogP contribution in [0.3, 0.4) is 0 Å². The molecule has 96 heavy (non-hydrogen) atoms. The summed E-state index contributed by atoms with van der Waals surface area (Å²) in [5, 5.41) is 121. The van der Waals surface area contributed by atoms with E-state index in [4.69, 9.17) is 28.4 Å². The summed E-state index contributed by atoms with van der Waals surface area (Å²) in [6.07, 6.45) is 43.1. The van der Waals surface area contributed by atoms with Gasteiger partial charge in [0.2, 0.25) is 5.91 Å². The summed E-state index contributed by atoms with van der Waals surface area (Å²) in [6.45, 7) is 1.78.